The number of rotatable bonds is 2. The molecule has 0 radical (unpaired) electrons. The van der Waals surface area contributed by atoms with Gasteiger partial charge in [-0.25, -0.2) is 4.79 Å². The highest BCUT2D eigenvalue weighted by molar-refractivity contribution is 5.95. The highest BCUT2D eigenvalue weighted by Crippen LogP contribution is 2.42. The smallest absolute Gasteiger partial charge is 0.339 e. The van der Waals surface area contributed by atoms with E-state index in [4.69, 9.17) is 9.47 Å². The summed E-state index contributed by atoms with van der Waals surface area (Å²) in [5.41, 5.74) is 0.850. The molecule has 0 aliphatic carbocycles. The van der Waals surface area contributed by atoms with Crippen LogP contribution in [0.25, 0.3) is 0 Å². The summed E-state index contributed by atoms with van der Waals surface area (Å²) >= 11 is 0. The Kier molecular flexibility index (Phi) is 3.22. The number of carbonyl (C=O) groups excluding carboxylic acids is 2. The number of likely N-dealkylation sites (tertiary alicyclic amines) is 1. The lowest BCUT2D eigenvalue weighted by atomic mass is 9.85. The summed E-state index contributed by atoms with van der Waals surface area (Å²) in [4.78, 5) is 25.7. The van der Waals surface area contributed by atoms with E-state index in [1.165, 1.54) is 7.11 Å². The van der Waals surface area contributed by atoms with Gasteiger partial charge in [-0.1, -0.05) is 18.2 Å². The number of nitrogens with zero attached hydrogens (tertiary/aromatic N) is 1. The van der Waals surface area contributed by atoms with Crippen LogP contribution in [0.2, 0.25) is 0 Å². The first-order valence-corrected chi connectivity index (χ1v) is 6.76. The molecule has 2 aliphatic heterocycles. The minimum Gasteiger partial charge on any atom is -0.449 e. The van der Waals surface area contributed by atoms with Crippen LogP contribution in [0.3, 0.4) is 0 Å². The average Bonchev–Trinajstić information content (AvgIpc) is 2.73. The average molecular weight is 275 g/mol. The number of hydrogen-bond donors (Lipinski definition) is 0. The Morgan fingerprint density at radius 2 is 2.25 bits per heavy atom. The van der Waals surface area contributed by atoms with Gasteiger partial charge in [0.15, 0.2) is 5.60 Å². The highest BCUT2D eigenvalue weighted by Gasteiger charge is 2.48. The van der Waals surface area contributed by atoms with E-state index in [1.807, 2.05) is 18.2 Å². The summed E-state index contributed by atoms with van der Waals surface area (Å²) < 4.78 is 10.5. The Hall–Kier alpha value is -1.88. The van der Waals surface area contributed by atoms with Crippen molar-refractivity contribution < 1.29 is 19.1 Å². The predicted molar refractivity (Wildman–Crippen MR) is 71.2 cm³/mol. The Morgan fingerprint density at radius 1 is 1.45 bits per heavy atom. The summed E-state index contributed by atoms with van der Waals surface area (Å²) in [5, 5.41) is 0. The van der Waals surface area contributed by atoms with E-state index in [0.717, 1.165) is 18.4 Å². The Morgan fingerprint density at radius 3 is 3.05 bits per heavy atom. The molecular formula is C15H17NO4. The van der Waals surface area contributed by atoms with Crippen LogP contribution in [0.15, 0.2) is 24.3 Å². The number of hydrogen-bond acceptors (Lipinski definition) is 4. The first-order valence-electron chi connectivity index (χ1n) is 6.76. The minimum absolute atomic E-state index is 0.0612. The van der Waals surface area contributed by atoms with Gasteiger partial charge >= 0.3 is 5.97 Å². The lowest BCUT2D eigenvalue weighted by molar-refractivity contribution is -0.142. The van der Waals surface area contributed by atoms with Crippen molar-refractivity contribution in [3.8, 4) is 0 Å². The molecular weight excluding hydrogens is 258 g/mol. The number of methoxy groups -OCH3 is 1. The third-order valence-electron chi connectivity index (χ3n) is 4.00. The molecule has 0 N–H and O–H groups in total. The molecule has 1 amide bonds. The number of ether oxygens (including phenoxy) is 2. The fourth-order valence-electron chi connectivity index (χ4n) is 3.10. The summed E-state index contributed by atoms with van der Waals surface area (Å²) in [6, 6.07) is 7.43. The first-order chi connectivity index (χ1) is 9.66. The normalized spacial score (nSPS) is 24.6. The van der Waals surface area contributed by atoms with E-state index in [1.54, 1.807) is 11.0 Å². The number of carbonyl (C=O) groups is 2. The molecule has 20 heavy (non-hydrogen) atoms. The van der Waals surface area contributed by atoms with Gasteiger partial charge in [-0.15, -0.1) is 0 Å². The van der Waals surface area contributed by atoms with Crippen LogP contribution < -0.4 is 0 Å². The van der Waals surface area contributed by atoms with Crippen molar-refractivity contribution in [3.05, 3.63) is 35.4 Å². The van der Waals surface area contributed by atoms with E-state index in [-0.39, 0.29) is 18.5 Å². The van der Waals surface area contributed by atoms with Gasteiger partial charge < -0.3 is 14.4 Å². The first kappa shape index (κ1) is 13.1. The monoisotopic (exact) mass is 275 g/mol. The van der Waals surface area contributed by atoms with Gasteiger partial charge in [0.1, 0.15) is 6.61 Å². The molecule has 2 heterocycles. The SMILES string of the molecule is COCC(=O)N1CCCC2(C1)OC(=O)c1ccccc12. The molecule has 1 unspecified atom stereocenters. The lowest BCUT2D eigenvalue weighted by Crippen LogP contribution is -2.49. The van der Waals surface area contributed by atoms with Gasteiger partial charge in [-0.2, -0.15) is 0 Å². The van der Waals surface area contributed by atoms with Crippen molar-refractivity contribution in [2.24, 2.45) is 0 Å². The molecule has 0 saturated carbocycles. The number of amides is 1. The van der Waals surface area contributed by atoms with Crippen molar-refractivity contribution in [3.63, 3.8) is 0 Å². The fourth-order valence-corrected chi connectivity index (χ4v) is 3.10. The van der Waals surface area contributed by atoms with Crippen LogP contribution in [0.4, 0.5) is 0 Å². The minimum atomic E-state index is -0.671. The molecule has 2 aliphatic rings. The topological polar surface area (TPSA) is 55.8 Å². The summed E-state index contributed by atoms with van der Waals surface area (Å²) in [7, 11) is 1.50. The van der Waals surface area contributed by atoms with Crippen molar-refractivity contribution in [2.45, 2.75) is 18.4 Å². The van der Waals surface area contributed by atoms with Crippen molar-refractivity contribution in [1.29, 1.82) is 0 Å². The third-order valence-corrected chi connectivity index (χ3v) is 4.00. The van der Waals surface area contributed by atoms with Gasteiger partial charge in [-0.05, 0) is 18.9 Å². The predicted octanol–water partition coefficient (Wildman–Crippen LogP) is 1.32. The maximum atomic E-state index is 12.0. The van der Waals surface area contributed by atoms with Crippen LogP contribution in [0.5, 0.6) is 0 Å². The molecule has 1 spiro atoms. The van der Waals surface area contributed by atoms with E-state index in [9.17, 15) is 9.59 Å². The van der Waals surface area contributed by atoms with Gasteiger partial charge in [0.25, 0.3) is 0 Å². The number of piperidine rings is 1. The van der Waals surface area contributed by atoms with Crippen LogP contribution in [-0.4, -0.2) is 43.6 Å². The van der Waals surface area contributed by atoms with Crippen LogP contribution in [0, 0.1) is 0 Å². The zero-order chi connectivity index (χ0) is 14.2. The van der Waals surface area contributed by atoms with E-state index in [0.29, 0.717) is 18.7 Å². The molecule has 0 bridgehead atoms. The second-order valence-corrected chi connectivity index (χ2v) is 5.28. The second-order valence-electron chi connectivity index (χ2n) is 5.28. The van der Waals surface area contributed by atoms with E-state index < -0.39 is 5.60 Å². The second kappa shape index (κ2) is 4.90. The summed E-state index contributed by atoms with van der Waals surface area (Å²) in [6.07, 6.45) is 1.57. The maximum absolute atomic E-state index is 12.0. The number of benzene rings is 1. The lowest BCUT2D eigenvalue weighted by Gasteiger charge is -2.39. The molecule has 5 heteroatoms. The van der Waals surface area contributed by atoms with E-state index >= 15 is 0 Å². The Bertz CT molecular complexity index is 557. The molecule has 5 nitrogen and oxygen atoms in total. The standard InChI is InChI=1S/C15H17NO4/c1-19-9-13(17)16-8-4-7-15(10-16)12-6-3-2-5-11(12)14(18)20-15/h2-3,5-6H,4,7-10H2,1H3. The quantitative estimate of drug-likeness (QED) is 0.764. The van der Waals surface area contributed by atoms with Crippen LogP contribution >= 0.6 is 0 Å². The van der Waals surface area contributed by atoms with Gasteiger partial charge in [0, 0.05) is 19.2 Å². The molecule has 0 aromatic heterocycles. The summed E-state index contributed by atoms with van der Waals surface area (Å²) in [6.45, 7) is 1.16. The van der Waals surface area contributed by atoms with Crippen LogP contribution in [-0.2, 0) is 19.9 Å². The number of fused-ring (bicyclic) bond motifs is 2. The Balaban J connectivity index is 1.90. The maximum Gasteiger partial charge on any atom is 0.339 e. The van der Waals surface area contributed by atoms with Gasteiger partial charge in [0.2, 0.25) is 5.91 Å². The zero-order valence-corrected chi connectivity index (χ0v) is 11.4. The molecule has 1 aromatic carbocycles. The molecule has 1 saturated heterocycles. The van der Waals surface area contributed by atoms with Crippen molar-refractivity contribution in [1.82, 2.24) is 4.90 Å². The van der Waals surface area contributed by atoms with Crippen LogP contribution in [0.1, 0.15) is 28.8 Å². The molecule has 1 aromatic rings. The zero-order valence-electron chi connectivity index (χ0n) is 11.4. The largest absolute Gasteiger partial charge is 0.449 e. The van der Waals surface area contributed by atoms with Gasteiger partial charge in [0.05, 0.1) is 12.1 Å². The molecule has 3 rings (SSSR count). The van der Waals surface area contributed by atoms with Gasteiger partial charge in [-0.3, -0.25) is 4.79 Å². The van der Waals surface area contributed by atoms with E-state index in [2.05, 4.69) is 0 Å². The van der Waals surface area contributed by atoms with Crippen molar-refractivity contribution in [2.75, 3.05) is 26.8 Å². The fraction of sp³-hybridized carbons (Fsp3) is 0.467. The third kappa shape index (κ3) is 1.98. The highest BCUT2D eigenvalue weighted by atomic mass is 16.6. The Labute approximate surface area is 117 Å². The number of esters is 1. The summed E-state index contributed by atoms with van der Waals surface area (Å²) in [5.74, 6) is -0.353. The van der Waals surface area contributed by atoms with Crippen molar-refractivity contribution >= 4 is 11.9 Å². The molecule has 1 fully saturated rings. The molecule has 1 atom stereocenters. The molecule has 106 valence electrons.